The van der Waals surface area contributed by atoms with Crippen molar-refractivity contribution in [3.05, 3.63) is 12.2 Å². The van der Waals surface area contributed by atoms with E-state index in [1.54, 1.807) is 20.1 Å². The Bertz CT molecular complexity index is 173. The third-order valence-electron chi connectivity index (χ3n) is 2.18. The first-order valence-corrected chi connectivity index (χ1v) is 4.81. The van der Waals surface area contributed by atoms with Crippen LogP contribution in [0.25, 0.3) is 0 Å². The van der Waals surface area contributed by atoms with Gasteiger partial charge in [0.25, 0.3) is 0 Å². The van der Waals surface area contributed by atoms with Crippen LogP contribution in [0.3, 0.4) is 0 Å². The Morgan fingerprint density at radius 3 is 2.54 bits per heavy atom. The Labute approximate surface area is 81.0 Å². The van der Waals surface area contributed by atoms with Crippen LogP contribution in [-0.4, -0.2) is 19.0 Å². The summed E-state index contributed by atoms with van der Waals surface area (Å²) in [6.45, 7) is 5.90. The summed E-state index contributed by atoms with van der Waals surface area (Å²) in [7, 11) is 1.68. The lowest BCUT2D eigenvalue weighted by atomic mass is 10.0. The van der Waals surface area contributed by atoms with Crippen LogP contribution in [-0.2, 0) is 9.53 Å². The van der Waals surface area contributed by atoms with Gasteiger partial charge in [-0.25, -0.2) is 0 Å². The van der Waals surface area contributed by atoms with Crippen LogP contribution in [0.2, 0.25) is 0 Å². The molecule has 0 saturated heterocycles. The Morgan fingerprint density at radius 2 is 2.15 bits per heavy atom. The average molecular weight is 184 g/mol. The van der Waals surface area contributed by atoms with Gasteiger partial charge in [-0.05, 0) is 25.3 Å². The van der Waals surface area contributed by atoms with Crippen molar-refractivity contribution in [3.63, 3.8) is 0 Å². The van der Waals surface area contributed by atoms with Gasteiger partial charge in [-0.1, -0.05) is 26.3 Å². The van der Waals surface area contributed by atoms with Crippen molar-refractivity contribution in [1.82, 2.24) is 0 Å². The zero-order chi connectivity index (χ0) is 10.3. The molecule has 0 aliphatic heterocycles. The lowest BCUT2D eigenvalue weighted by Crippen LogP contribution is -2.11. The second-order valence-corrected chi connectivity index (χ2v) is 3.49. The highest BCUT2D eigenvalue weighted by atomic mass is 16.5. The molecule has 0 aliphatic rings. The van der Waals surface area contributed by atoms with E-state index >= 15 is 0 Å². The first-order valence-electron chi connectivity index (χ1n) is 4.81. The molecule has 2 nitrogen and oxygen atoms in total. The van der Waals surface area contributed by atoms with Gasteiger partial charge in [0.1, 0.15) is 0 Å². The molecule has 0 heterocycles. The summed E-state index contributed by atoms with van der Waals surface area (Å²) < 4.78 is 5.23. The van der Waals surface area contributed by atoms with E-state index in [1.807, 2.05) is 6.08 Å². The number of rotatable bonds is 6. The summed E-state index contributed by atoms with van der Waals surface area (Å²) in [6.07, 6.45) is 5.63. The van der Waals surface area contributed by atoms with Crippen molar-refractivity contribution in [2.45, 2.75) is 39.7 Å². The third kappa shape index (κ3) is 6.52. The minimum absolute atomic E-state index is 0.0752. The van der Waals surface area contributed by atoms with Crippen LogP contribution in [0.4, 0.5) is 0 Å². The minimum Gasteiger partial charge on any atom is -0.377 e. The normalized spacial score (nSPS) is 16.0. The molecule has 0 amide bonds. The lowest BCUT2D eigenvalue weighted by molar-refractivity contribution is -0.112. The number of carbonyl (C=O) groups excluding carboxylic acids is 1. The van der Waals surface area contributed by atoms with Gasteiger partial charge in [0.15, 0.2) is 5.78 Å². The summed E-state index contributed by atoms with van der Waals surface area (Å²) in [5.41, 5.74) is 0. The Morgan fingerprint density at radius 1 is 1.54 bits per heavy atom. The van der Waals surface area contributed by atoms with Crippen molar-refractivity contribution in [2.24, 2.45) is 5.92 Å². The monoisotopic (exact) mass is 184 g/mol. The fourth-order valence-electron chi connectivity index (χ4n) is 1.06. The van der Waals surface area contributed by atoms with Crippen LogP contribution in [0.5, 0.6) is 0 Å². The highest BCUT2D eigenvalue weighted by molar-refractivity contribution is 5.87. The zero-order valence-electron chi connectivity index (χ0n) is 9.04. The number of allylic oxidation sites excluding steroid dienone is 1. The molecule has 0 fully saturated rings. The number of hydrogen-bond donors (Lipinski definition) is 0. The van der Waals surface area contributed by atoms with Gasteiger partial charge < -0.3 is 4.74 Å². The number of ketones is 1. The molecule has 0 aromatic rings. The van der Waals surface area contributed by atoms with Crippen molar-refractivity contribution in [1.29, 1.82) is 0 Å². The molecule has 0 bridgehead atoms. The predicted molar refractivity (Wildman–Crippen MR) is 54.7 cm³/mol. The number of carbonyl (C=O) groups is 1. The zero-order valence-corrected chi connectivity index (χ0v) is 9.04. The van der Waals surface area contributed by atoms with E-state index in [-0.39, 0.29) is 11.9 Å². The van der Waals surface area contributed by atoms with E-state index in [1.165, 1.54) is 0 Å². The fraction of sp³-hybridized carbons (Fsp3) is 0.727. The van der Waals surface area contributed by atoms with Gasteiger partial charge >= 0.3 is 0 Å². The SMILES string of the molecule is CCC(C)CC(C=CC(C)=O)OC. The summed E-state index contributed by atoms with van der Waals surface area (Å²) in [5, 5.41) is 0. The van der Waals surface area contributed by atoms with Gasteiger partial charge in [-0.3, -0.25) is 4.79 Å². The van der Waals surface area contributed by atoms with Gasteiger partial charge in [0.2, 0.25) is 0 Å². The molecule has 13 heavy (non-hydrogen) atoms. The topological polar surface area (TPSA) is 26.3 Å². The summed E-state index contributed by atoms with van der Waals surface area (Å²) >= 11 is 0. The van der Waals surface area contributed by atoms with Gasteiger partial charge in [-0.15, -0.1) is 0 Å². The Balaban J connectivity index is 3.95. The van der Waals surface area contributed by atoms with Gasteiger partial charge in [0.05, 0.1) is 6.10 Å². The molecule has 0 N–H and O–H groups in total. The van der Waals surface area contributed by atoms with Crippen LogP contribution in [0.1, 0.15) is 33.6 Å². The molecule has 0 saturated carbocycles. The van der Waals surface area contributed by atoms with E-state index in [9.17, 15) is 4.79 Å². The highest BCUT2D eigenvalue weighted by Crippen LogP contribution is 2.12. The largest absolute Gasteiger partial charge is 0.377 e. The second kappa shape index (κ2) is 6.84. The van der Waals surface area contributed by atoms with E-state index in [0.717, 1.165) is 12.8 Å². The lowest BCUT2D eigenvalue weighted by Gasteiger charge is -2.14. The smallest absolute Gasteiger partial charge is 0.152 e. The van der Waals surface area contributed by atoms with Crippen molar-refractivity contribution >= 4 is 5.78 Å². The molecule has 0 radical (unpaired) electrons. The molecular formula is C11H20O2. The van der Waals surface area contributed by atoms with E-state index in [2.05, 4.69) is 13.8 Å². The molecule has 2 heteroatoms. The fourth-order valence-corrected chi connectivity index (χ4v) is 1.06. The van der Waals surface area contributed by atoms with Crippen LogP contribution < -0.4 is 0 Å². The van der Waals surface area contributed by atoms with E-state index in [0.29, 0.717) is 5.92 Å². The molecule has 76 valence electrons. The molecule has 0 spiro atoms. The molecule has 0 aliphatic carbocycles. The van der Waals surface area contributed by atoms with Crippen LogP contribution >= 0.6 is 0 Å². The quantitative estimate of drug-likeness (QED) is 0.593. The summed E-state index contributed by atoms with van der Waals surface area (Å²) in [4.78, 5) is 10.7. The predicted octanol–water partition coefficient (Wildman–Crippen LogP) is 2.58. The first kappa shape index (κ1) is 12.4. The van der Waals surface area contributed by atoms with Crippen molar-refractivity contribution < 1.29 is 9.53 Å². The Kier molecular flexibility index (Phi) is 6.51. The number of ether oxygens (including phenoxy) is 1. The third-order valence-corrected chi connectivity index (χ3v) is 2.18. The van der Waals surface area contributed by atoms with E-state index < -0.39 is 0 Å². The molecule has 0 aromatic carbocycles. The summed E-state index contributed by atoms with van der Waals surface area (Å²) in [5.74, 6) is 0.716. The maximum absolute atomic E-state index is 10.7. The number of hydrogen-bond acceptors (Lipinski definition) is 2. The van der Waals surface area contributed by atoms with Crippen LogP contribution in [0.15, 0.2) is 12.2 Å². The number of methoxy groups -OCH3 is 1. The maximum Gasteiger partial charge on any atom is 0.152 e. The summed E-state index contributed by atoms with van der Waals surface area (Å²) in [6, 6.07) is 0. The Hall–Kier alpha value is -0.630. The highest BCUT2D eigenvalue weighted by Gasteiger charge is 2.07. The van der Waals surface area contributed by atoms with Gasteiger partial charge in [-0.2, -0.15) is 0 Å². The van der Waals surface area contributed by atoms with Crippen molar-refractivity contribution in [2.75, 3.05) is 7.11 Å². The molecule has 0 rings (SSSR count). The van der Waals surface area contributed by atoms with E-state index in [4.69, 9.17) is 4.74 Å². The van der Waals surface area contributed by atoms with Crippen molar-refractivity contribution in [3.8, 4) is 0 Å². The molecule has 2 atom stereocenters. The van der Waals surface area contributed by atoms with Crippen LogP contribution in [0, 0.1) is 5.92 Å². The molecule has 2 unspecified atom stereocenters. The second-order valence-electron chi connectivity index (χ2n) is 3.49. The molecule has 0 aromatic heterocycles. The average Bonchev–Trinajstić information content (AvgIpc) is 2.11. The maximum atomic E-state index is 10.7. The van der Waals surface area contributed by atoms with Gasteiger partial charge in [0, 0.05) is 7.11 Å². The molecular weight excluding hydrogens is 164 g/mol. The minimum atomic E-state index is 0.0752. The standard InChI is InChI=1S/C11H20O2/c1-5-9(2)8-11(13-4)7-6-10(3)12/h6-7,9,11H,5,8H2,1-4H3. The first-order chi connectivity index (χ1) is 6.10.